The van der Waals surface area contributed by atoms with E-state index in [1.807, 2.05) is 31.2 Å². The largest absolute Gasteiger partial charge is 0.443 e. The quantitative estimate of drug-likeness (QED) is 0.725. The summed E-state index contributed by atoms with van der Waals surface area (Å²) < 4.78 is 7.16. The van der Waals surface area contributed by atoms with Crippen LogP contribution in [0.25, 0.3) is 11.3 Å². The number of benzene rings is 1. The van der Waals surface area contributed by atoms with Crippen molar-refractivity contribution in [3.05, 3.63) is 54.3 Å². The van der Waals surface area contributed by atoms with Gasteiger partial charge in [0.1, 0.15) is 0 Å². The van der Waals surface area contributed by atoms with Gasteiger partial charge < -0.3 is 15.5 Å². The summed E-state index contributed by atoms with van der Waals surface area (Å²) in [4.78, 5) is 16.5. The van der Waals surface area contributed by atoms with E-state index in [0.29, 0.717) is 24.5 Å². The maximum absolute atomic E-state index is 12.5. The normalized spacial score (nSPS) is 10.8. The molecule has 7 heteroatoms. The fraction of sp³-hybridized carbons (Fsp3) is 0.235. The molecule has 0 fully saturated rings. The van der Waals surface area contributed by atoms with Crippen LogP contribution in [0.15, 0.2) is 47.5 Å². The van der Waals surface area contributed by atoms with Crippen molar-refractivity contribution in [2.75, 3.05) is 11.9 Å². The fourth-order valence-corrected chi connectivity index (χ4v) is 2.39. The van der Waals surface area contributed by atoms with Crippen molar-refractivity contribution in [2.45, 2.75) is 19.9 Å². The molecule has 0 saturated heterocycles. The van der Waals surface area contributed by atoms with Crippen molar-refractivity contribution in [1.29, 1.82) is 0 Å². The number of amides is 1. The van der Waals surface area contributed by atoms with Gasteiger partial charge in [-0.1, -0.05) is 23.8 Å². The number of nitrogens with one attached hydrogen (secondary N) is 1. The Balaban J connectivity index is 1.77. The average molecular weight is 325 g/mol. The first kappa shape index (κ1) is 15.9. The van der Waals surface area contributed by atoms with Gasteiger partial charge in [0.25, 0.3) is 5.91 Å². The van der Waals surface area contributed by atoms with E-state index in [4.69, 9.17) is 10.2 Å². The Labute approximate surface area is 139 Å². The highest BCUT2D eigenvalue weighted by Gasteiger charge is 2.19. The smallest absolute Gasteiger partial charge is 0.278 e. The van der Waals surface area contributed by atoms with Crippen LogP contribution in [0.5, 0.6) is 0 Å². The Morgan fingerprint density at radius 3 is 3.08 bits per heavy atom. The summed E-state index contributed by atoms with van der Waals surface area (Å²) in [7, 11) is 0. The summed E-state index contributed by atoms with van der Waals surface area (Å²) in [5.41, 5.74) is 8.23. The number of aryl methyl sites for hydroxylation is 2. The van der Waals surface area contributed by atoms with E-state index in [-0.39, 0.29) is 11.6 Å². The minimum absolute atomic E-state index is 0.246. The molecule has 0 atom stereocenters. The van der Waals surface area contributed by atoms with Crippen LogP contribution in [-0.4, -0.2) is 27.2 Å². The van der Waals surface area contributed by atoms with Crippen LogP contribution in [0.2, 0.25) is 0 Å². The molecule has 0 radical (unpaired) electrons. The van der Waals surface area contributed by atoms with E-state index in [1.54, 1.807) is 17.1 Å². The highest BCUT2D eigenvalue weighted by atomic mass is 16.3. The Bertz CT molecular complexity index is 837. The standard InChI is InChI=1S/C17H19N5O2/c1-12-4-2-5-13(8-12)16-15(19-11-24-16)17(23)21-14-9-20-22(10-14)7-3-6-18/h2,4-5,8-11H,3,6-7,18H2,1H3,(H,21,23). The van der Waals surface area contributed by atoms with Crippen LogP contribution in [0.3, 0.4) is 0 Å². The third-order valence-electron chi connectivity index (χ3n) is 3.55. The zero-order chi connectivity index (χ0) is 16.9. The number of nitrogens with zero attached hydrogens (tertiary/aromatic N) is 3. The van der Waals surface area contributed by atoms with Crippen molar-refractivity contribution >= 4 is 11.6 Å². The molecule has 24 heavy (non-hydrogen) atoms. The first-order chi connectivity index (χ1) is 11.7. The molecule has 0 aliphatic heterocycles. The number of nitrogens with two attached hydrogens (primary N) is 1. The second-order valence-corrected chi connectivity index (χ2v) is 5.49. The van der Waals surface area contributed by atoms with E-state index in [2.05, 4.69) is 15.4 Å². The van der Waals surface area contributed by atoms with E-state index in [1.165, 1.54) is 6.39 Å². The molecule has 2 heterocycles. The second kappa shape index (κ2) is 7.10. The molecule has 7 nitrogen and oxygen atoms in total. The molecule has 3 rings (SSSR count). The topological polar surface area (TPSA) is 99.0 Å². The Morgan fingerprint density at radius 1 is 1.42 bits per heavy atom. The molecule has 0 aliphatic rings. The van der Waals surface area contributed by atoms with Crippen LogP contribution < -0.4 is 11.1 Å². The van der Waals surface area contributed by atoms with Crippen molar-refractivity contribution in [2.24, 2.45) is 5.73 Å². The molecule has 0 bridgehead atoms. The maximum Gasteiger partial charge on any atom is 0.278 e. The highest BCUT2D eigenvalue weighted by Crippen LogP contribution is 2.24. The lowest BCUT2D eigenvalue weighted by Crippen LogP contribution is -2.13. The zero-order valence-electron chi connectivity index (χ0n) is 13.4. The minimum atomic E-state index is -0.335. The summed E-state index contributed by atoms with van der Waals surface area (Å²) in [6, 6.07) is 7.73. The number of aromatic nitrogens is 3. The lowest BCUT2D eigenvalue weighted by Gasteiger charge is -2.03. The SMILES string of the molecule is Cc1cccc(-c2ocnc2C(=O)Nc2cnn(CCCN)c2)c1. The van der Waals surface area contributed by atoms with Gasteiger partial charge in [0.15, 0.2) is 17.8 Å². The van der Waals surface area contributed by atoms with Crippen LogP contribution in [0.1, 0.15) is 22.5 Å². The van der Waals surface area contributed by atoms with Gasteiger partial charge in [-0.2, -0.15) is 5.10 Å². The second-order valence-electron chi connectivity index (χ2n) is 5.49. The van der Waals surface area contributed by atoms with Crippen molar-refractivity contribution in [1.82, 2.24) is 14.8 Å². The van der Waals surface area contributed by atoms with Crippen LogP contribution >= 0.6 is 0 Å². The predicted molar refractivity (Wildman–Crippen MR) is 90.5 cm³/mol. The van der Waals surface area contributed by atoms with Crippen LogP contribution in [0.4, 0.5) is 5.69 Å². The molecule has 3 aromatic rings. The van der Waals surface area contributed by atoms with E-state index in [0.717, 1.165) is 17.5 Å². The predicted octanol–water partition coefficient (Wildman–Crippen LogP) is 2.45. The molecule has 3 N–H and O–H groups in total. The fourth-order valence-electron chi connectivity index (χ4n) is 2.39. The summed E-state index contributed by atoms with van der Waals surface area (Å²) in [5, 5.41) is 6.97. The van der Waals surface area contributed by atoms with Crippen molar-refractivity contribution < 1.29 is 9.21 Å². The van der Waals surface area contributed by atoms with Gasteiger partial charge in [0.05, 0.1) is 11.9 Å². The number of oxazole rings is 1. The molecular weight excluding hydrogens is 306 g/mol. The van der Waals surface area contributed by atoms with Crippen molar-refractivity contribution in [3.63, 3.8) is 0 Å². The molecule has 1 aromatic carbocycles. The molecule has 0 aliphatic carbocycles. The van der Waals surface area contributed by atoms with E-state index < -0.39 is 0 Å². The van der Waals surface area contributed by atoms with Crippen LogP contribution in [-0.2, 0) is 6.54 Å². The average Bonchev–Trinajstić information content (AvgIpc) is 3.22. The summed E-state index contributed by atoms with van der Waals surface area (Å²) in [6.45, 7) is 3.29. The molecule has 2 aromatic heterocycles. The highest BCUT2D eigenvalue weighted by molar-refractivity contribution is 6.06. The van der Waals surface area contributed by atoms with Gasteiger partial charge in [0.2, 0.25) is 0 Å². The van der Waals surface area contributed by atoms with E-state index in [9.17, 15) is 4.79 Å². The number of hydrogen-bond donors (Lipinski definition) is 2. The molecule has 1 amide bonds. The van der Waals surface area contributed by atoms with E-state index >= 15 is 0 Å². The minimum Gasteiger partial charge on any atom is -0.443 e. The summed E-state index contributed by atoms with van der Waals surface area (Å²) >= 11 is 0. The van der Waals surface area contributed by atoms with Gasteiger partial charge in [-0.3, -0.25) is 9.48 Å². The Hall–Kier alpha value is -2.93. The van der Waals surface area contributed by atoms with Gasteiger partial charge in [-0.25, -0.2) is 4.98 Å². The molecular formula is C17H19N5O2. The van der Waals surface area contributed by atoms with Gasteiger partial charge in [-0.15, -0.1) is 0 Å². The number of anilines is 1. The van der Waals surface area contributed by atoms with Gasteiger partial charge in [0, 0.05) is 18.3 Å². The molecule has 0 saturated carbocycles. The monoisotopic (exact) mass is 325 g/mol. The Kier molecular flexibility index (Phi) is 4.72. The summed E-state index contributed by atoms with van der Waals surface area (Å²) in [6.07, 6.45) is 5.47. The van der Waals surface area contributed by atoms with Gasteiger partial charge >= 0.3 is 0 Å². The third-order valence-corrected chi connectivity index (χ3v) is 3.55. The van der Waals surface area contributed by atoms with Crippen molar-refractivity contribution in [3.8, 4) is 11.3 Å². The summed E-state index contributed by atoms with van der Waals surface area (Å²) in [5.74, 6) is 0.116. The number of carbonyl (C=O) groups excluding carboxylic acids is 1. The Morgan fingerprint density at radius 2 is 2.29 bits per heavy atom. The maximum atomic E-state index is 12.5. The van der Waals surface area contributed by atoms with Gasteiger partial charge in [-0.05, 0) is 26.0 Å². The number of hydrogen-bond acceptors (Lipinski definition) is 5. The lowest BCUT2D eigenvalue weighted by molar-refractivity contribution is 0.102. The first-order valence-electron chi connectivity index (χ1n) is 7.72. The molecule has 124 valence electrons. The molecule has 0 unspecified atom stereocenters. The number of rotatable bonds is 6. The third kappa shape index (κ3) is 3.52. The lowest BCUT2D eigenvalue weighted by atomic mass is 10.1. The first-order valence-corrected chi connectivity index (χ1v) is 7.72. The number of carbonyl (C=O) groups is 1. The van der Waals surface area contributed by atoms with Crippen LogP contribution in [0, 0.1) is 6.92 Å². The molecule has 0 spiro atoms. The zero-order valence-corrected chi connectivity index (χ0v) is 13.4.